The van der Waals surface area contributed by atoms with E-state index in [2.05, 4.69) is 108 Å². The third-order valence-electron chi connectivity index (χ3n) is 10.5. The van der Waals surface area contributed by atoms with Gasteiger partial charge in [0.2, 0.25) is 0 Å². The Kier molecular flexibility index (Phi) is 8.70. The molecule has 0 aliphatic carbocycles. The average molecular weight is 962 g/mol. The second-order valence-corrected chi connectivity index (χ2v) is 17.9. The zero-order valence-electron chi connectivity index (χ0n) is 42.8. The van der Waals surface area contributed by atoms with Crippen LogP contribution in [0.5, 0.6) is 5.75 Å². The predicted molar refractivity (Wildman–Crippen MR) is 243 cm³/mol. The second kappa shape index (κ2) is 15.9. The van der Waals surface area contributed by atoms with Gasteiger partial charge in [-0.05, 0) is 79.9 Å². The molecule has 59 heavy (non-hydrogen) atoms. The van der Waals surface area contributed by atoms with Gasteiger partial charge in [0.1, 0.15) is 11.6 Å². The summed E-state index contributed by atoms with van der Waals surface area (Å²) in [6.07, 6.45) is -0.519. The molecule has 0 saturated carbocycles. The average Bonchev–Trinajstić information content (AvgIpc) is 3.66. The van der Waals surface area contributed by atoms with Crippen LogP contribution in [0.25, 0.3) is 72.7 Å². The molecular formula is C54H52N3OPt-. The molecule has 0 saturated heterocycles. The number of aromatic hydroxyl groups is 1. The molecule has 2 aromatic heterocycles. The van der Waals surface area contributed by atoms with E-state index in [0.717, 1.165) is 39.0 Å². The van der Waals surface area contributed by atoms with Gasteiger partial charge in [0.15, 0.2) is 0 Å². The molecule has 1 N–H and O–H groups in total. The van der Waals surface area contributed by atoms with E-state index in [9.17, 15) is 6.48 Å². The van der Waals surface area contributed by atoms with Gasteiger partial charge in [-0.3, -0.25) is 9.55 Å². The number of phenolic OH excluding ortho intramolecular Hbond substituents is 1. The Hall–Kier alpha value is -5.57. The Bertz CT molecular complexity index is 3230. The van der Waals surface area contributed by atoms with E-state index >= 15 is 0 Å². The smallest absolute Gasteiger partial charge is 0.148 e. The summed E-state index contributed by atoms with van der Waals surface area (Å²) in [6, 6.07) is 31.9. The van der Waals surface area contributed by atoms with Crippen LogP contribution in [0.15, 0.2) is 146 Å². The third kappa shape index (κ3) is 8.21. The maximum atomic E-state index is 12.2. The van der Waals surface area contributed by atoms with Crippen molar-refractivity contribution in [3.63, 3.8) is 0 Å². The summed E-state index contributed by atoms with van der Waals surface area (Å²) in [7, 11) is 0. The van der Waals surface area contributed by atoms with Crippen molar-refractivity contribution in [3.05, 3.63) is 168 Å². The van der Waals surface area contributed by atoms with Crippen LogP contribution in [0.3, 0.4) is 0 Å². The van der Waals surface area contributed by atoms with Gasteiger partial charge in [0, 0.05) is 32.9 Å². The number of phenols is 1. The number of para-hydroxylation sites is 2. The molecule has 0 aliphatic heterocycles. The summed E-state index contributed by atoms with van der Waals surface area (Å²) in [5.74, 6) is 0.673. The first-order chi connectivity index (χ1) is 30.9. The number of nitrogens with zero attached hydrogens (tertiary/aromatic N) is 3. The SMILES string of the molecule is [2H]c1nc(-c2[c-]c(-c3cccc4c3nc(-c3cccc(C(C)(C)C)c3O)n4-c3ccc(-c4ccccc4)cc3C(C)(C)C)cc(C(C)(C)C)c2)c([2H])c(-c2c([2H])c([2H])c([2H])c([2H])c2[2H])c1[2H].[Pt]. The maximum Gasteiger partial charge on any atom is 0.148 e. The summed E-state index contributed by atoms with van der Waals surface area (Å²) in [4.78, 5) is 9.87. The molecule has 2 heterocycles. The van der Waals surface area contributed by atoms with Gasteiger partial charge < -0.3 is 5.11 Å². The van der Waals surface area contributed by atoms with Crippen molar-refractivity contribution in [3.8, 4) is 67.5 Å². The number of imidazole rings is 1. The molecule has 300 valence electrons. The van der Waals surface area contributed by atoms with Gasteiger partial charge in [-0.2, -0.15) is 0 Å². The van der Waals surface area contributed by atoms with Crippen LogP contribution >= 0.6 is 0 Å². The van der Waals surface area contributed by atoms with Gasteiger partial charge in [0.05, 0.1) is 33.3 Å². The van der Waals surface area contributed by atoms with Crippen LogP contribution in [-0.4, -0.2) is 19.6 Å². The van der Waals surface area contributed by atoms with Crippen molar-refractivity contribution in [2.45, 2.75) is 78.6 Å². The summed E-state index contributed by atoms with van der Waals surface area (Å²) < 4.78 is 71.4. The zero-order chi connectivity index (χ0) is 47.9. The number of pyridine rings is 1. The normalized spacial score (nSPS) is 14.0. The Morgan fingerprint density at radius 3 is 1.98 bits per heavy atom. The van der Waals surface area contributed by atoms with Crippen molar-refractivity contribution >= 4 is 11.0 Å². The molecule has 0 fully saturated rings. The zero-order valence-corrected chi connectivity index (χ0v) is 37.1. The number of rotatable bonds is 6. The number of hydrogen-bond acceptors (Lipinski definition) is 3. The fraction of sp³-hybridized carbons (Fsp3) is 0.222. The molecule has 8 rings (SSSR count). The van der Waals surface area contributed by atoms with Crippen LogP contribution in [0.4, 0.5) is 0 Å². The van der Waals surface area contributed by atoms with Crippen molar-refractivity contribution in [1.29, 1.82) is 0 Å². The van der Waals surface area contributed by atoms with Crippen molar-refractivity contribution in [2.75, 3.05) is 0 Å². The maximum absolute atomic E-state index is 12.2. The first kappa shape index (κ1) is 32.3. The fourth-order valence-electron chi connectivity index (χ4n) is 7.43. The molecule has 4 nitrogen and oxygen atoms in total. The molecular weight excluding hydrogens is 902 g/mol. The summed E-state index contributed by atoms with van der Waals surface area (Å²) >= 11 is 0. The van der Waals surface area contributed by atoms with Gasteiger partial charge in [-0.1, -0.05) is 170 Å². The minimum absolute atomic E-state index is 0. The third-order valence-corrected chi connectivity index (χ3v) is 10.5. The summed E-state index contributed by atoms with van der Waals surface area (Å²) in [6.45, 7) is 18.9. The number of aromatic nitrogens is 3. The molecule has 5 heteroatoms. The van der Waals surface area contributed by atoms with Crippen LogP contribution in [0, 0.1) is 6.07 Å². The van der Waals surface area contributed by atoms with E-state index in [1.165, 1.54) is 0 Å². The molecule has 0 bridgehead atoms. The Balaban J connectivity index is 0.00000666. The summed E-state index contributed by atoms with van der Waals surface area (Å²) in [5.41, 5.74) is 7.52. The Morgan fingerprint density at radius 2 is 1.29 bits per heavy atom. The molecule has 0 atom stereocenters. The van der Waals surface area contributed by atoms with Crippen LogP contribution in [-0.2, 0) is 37.3 Å². The number of benzene rings is 6. The number of fused-ring (bicyclic) bond motifs is 1. The van der Waals surface area contributed by atoms with E-state index in [-0.39, 0.29) is 60.5 Å². The first-order valence-corrected chi connectivity index (χ1v) is 19.6. The van der Waals surface area contributed by atoms with Gasteiger partial charge >= 0.3 is 0 Å². The quantitative estimate of drug-likeness (QED) is 0.169. The van der Waals surface area contributed by atoms with Crippen molar-refractivity contribution < 1.29 is 37.1 Å². The Morgan fingerprint density at radius 1 is 0.610 bits per heavy atom. The van der Waals surface area contributed by atoms with Crippen molar-refractivity contribution in [2.24, 2.45) is 0 Å². The minimum atomic E-state index is -0.606. The minimum Gasteiger partial charge on any atom is -0.507 e. The standard InChI is InChI=1S/C54H52N3O.Pt/c1-52(2,3)41-31-39(30-40(32-41)46-34-38(28-29-55-46)36-20-14-11-15-21-36)42-22-17-25-48-49(42)56-51(43-23-16-24-44(50(43)58)53(4,5)6)57(48)47-27-26-37(33-45(47)54(7,8)9)35-18-12-10-13-19-35;/h10-29,31-34,58H,1-9H3;/q-1;/i11D,14D,15D,20D,21D,28D,29D,34D;. The molecule has 6 aromatic carbocycles. The van der Waals surface area contributed by atoms with Crippen molar-refractivity contribution in [1.82, 2.24) is 14.5 Å². The first-order valence-electron chi connectivity index (χ1n) is 23.6. The molecule has 0 spiro atoms. The van der Waals surface area contributed by atoms with Crippen LogP contribution < -0.4 is 0 Å². The van der Waals surface area contributed by atoms with Gasteiger partial charge in [-0.25, -0.2) is 4.98 Å². The van der Waals surface area contributed by atoms with Gasteiger partial charge in [0.25, 0.3) is 0 Å². The predicted octanol–water partition coefficient (Wildman–Crippen LogP) is 14.2. The topological polar surface area (TPSA) is 50.9 Å². The van der Waals surface area contributed by atoms with E-state index in [4.69, 9.17) is 14.6 Å². The monoisotopic (exact) mass is 961 g/mol. The molecule has 0 radical (unpaired) electrons. The fourth-order valence-corrected chi connectivity index (χ4v) is 7.43. The van der Waals surface area contributed by atoms with Gasteiger partial charge in [-0.15, -0.1) is 29.3 Å². The van der Waals surface area contributed by atoms with E-state index in [1.807, 2.05) is 66.7 Å². The number of hydrogen-bond donors (Lipinski definition) is 1. The van der Waals surface area contributed by atoms with E-state index in [1.54, 1.807) is 0 Å². The van der Waals surface area contributed by atoms with Crippen LogP contribution in [0.1, 0.15) is 90.0 Å². The molecule has 0 aliphatic rings. The molecule has 0 unspecified atom stereocenters. The Labute approximate surface area is 375 Å². The summed E-state index contributed by atoms with van der Waals surface area (Å²) in [5, 5.41) is 12.2. The van der Waals surface area contributed by atoms with E-state index < -0.39 is 47.8 Å². The molecule has 8 aromatic rings. The largest absolute Gasteiger partial charge is 0.507 e. The molecule has 0 amide bonds. The van der Waals surface area contributed by atoms with E-state index in [0.29, 0.717) is 33.6 Å². The second-order valence-electron chi connectivity index (χ2n) is 17.9. The van der Waals surface area contributed by atoms with Crippen LogP contribution in [0.2, 0.25) is 0 Å².